The van der Waals surface area contributed by atoms with Crippen LogP contribution in [0, 0.1) is 0 Å². The molecule has 0 bridgehead atoms. The van der Waals surface area contributed by atoms with Crippen LogP contribution in [0.3, 0.4) is 0 Å². The Bertz CT molecular complexity index is 563. The van der Waals surface area contributed by atoms with Gasteiger partial charge in [0.2, 0.25) is 0 Å². The molecule has 0 fully saturated rings. The van der Waals surface area contributed by atoms with Crippen molar-refractivity contribution in [1.29, 1.82) is 0 Å². The van der Waals surface area contributed by atoms with Gasteiger partial charge in [0.15, 0.2) is 0 Å². The summed E-state index contributed by atoms with van der Waals surface area (Å²) in [7, 11) is 0. The van der Waals surface area contributed by atoms with E-state index in [0.717, 1.165) is 22.7 Å². The first-order valence-electron chi connectivity index (χ1n) is 5.31. The van der Waals surface area contributed by atoms with Gasteiger partial charge in [-0.05, 0) is 29.6 Å². The zero-order valence-electron chi connectivity index (χ0n) is 8.98. The second-order valence-corrected chi connectivity index (χ2v) is 4.64. The summed E-state index contributed by atoms with van der Waals surface area (Å²) >= 11 is 1.62. The fraction of sp³-hybridized carbons (Fsp3) is 0.0769. The number of thiophene rings is 1. The molecule has 0 aliphatic carbocycles. The highest BCUT2D eigenvalue weighted by Gasteiger charge is 2.24. The van der Waals surface area contributed by atoms with Crippen LogP contribution in [0.15, 0.2) is 46.8 Å². The first kappa shape index (κ1) is 10.2. The van der Waals surface area contributed by atoms with Crippen LogP contribution in [0.1, 0.15) is 0 Å². The van der Waals surface area contributed by atoms with E-state index in [9.17, 15) is 4.79 Å². The van der Waals surface area contributed by atoms with Crippen LogP contribution in [0.2, 0.25) is 0 Å². The molecule has 3 nitrogen and oxygen atoms in total. The largest absolute Gasteiger partial charge is 0.316 e. The third kappa shape index (κ3) is 1.66. The highest BCUT2D eigenvalue weighted by Crippen LogP contribution is 2.39. The van der Waals surface area contributed by atoms with Crippen LogP contribution in [0.5, 0.6) is 0 Å². The van der Waals surface area contributed by atoms with E-state index in [-0.39, 0.29) is 6.04 Å². The molecule has 2 aromatic rings. The van der Waals surface area contributed by atoms with Gasteiger partial charge in [-0.15, -0.1) is 11.3 Å². The second-order valence-electron chi connectivity index (χ2n) is 3.71. The minimum atomic E-state index is -0.316. The molecule has 0 spiro atoms. The van der Waals surface area contributed by atoms with Crippen LogP contribution in [0.4, 0.5) is 16.4 Å². The molecule has 0 N–H and O–H groups in total. The molecule has 1 atom stereocenters. The zero-order chi connectivity index (χ0) is 11.7. The van der Waals surface area contributed by atoms with Crippen molar-refractivity contribution in [2.45, 2.75) is 6.04 Å². The van der Waals surface area contributed by atoms with Gasteiger partial charge in [-0.25, -0.2) is 0 Å². The van der Waals surface area contributed by atoms with Gasteiger partial charge in [0.1, 0.15) is 12.3 Å². The number of hydrogen-bond acceptors (Lipinski definition) is 4. The predicted octanol–water partition coefficient (Wildman–Crippen LogP) is 3.17. The van der Waals surface area contributed by atoms with Crippen LogP contribution < -0.4 is 4.90 Å². The fourth-order valence-corrected chi connectivity index (χ4v) is 2.72. The Morgan fingerprint density at radius 2 is 2.12 bits per heavy atom. The molecule has 1 aromatic heterocycles. The average molecular weight is 242 g/mol. The molecule has 4 heteroatoms. The lowest BCUT2D eigenvalue weighted by Crippen LogP contribution is -2.35. The molecule has 0 amide bonds. The summed E-state index contributed by atoms with van der Waals surface area (Å²) in [6.07, 6.45) is 2.61. The summed E-state index contributed by atoms with van der Waals surface area (Å²) in [5.74, 6) is 0. The number of aldehydes is 1. The predicted molar refractivity (Wildman–Crippen MR) is 70.9 cm³/mol. The van der Waals surface area contributed by atoms with E-state index in [1.165, 1.54) is 0 Å². The summed E-state index contributed by atoms with van der Waals surface area (Å²) in [6, 6.07) is 11.5. The third-order valence-corrected chi connectivity index (χ3v) is 3.56. The molecule has 0 saturated heterocycles. The minimum Gasteiger partial charge on any atom is -0.316 e. The summed E-state index contributed by atoms with van der Waals surface area (Å²) in [5.41, 5.74) is 1.88. The standard InChI is InChI=1S/C13H10N2OS/c16-9-10-8-14-11-4-1-2-5-12(11)15(10)13-6-3-7-17-13/h1-10H. The highest BCUT2D eigenvalue weighted by molar-refractivity contribution is 7.14. The van der Waals surface area contributed by atoms with E-state index >= 15 is 0 Å². The Morgan fingerprint density at radius 1 is 1.24 bits per heavy atom. The van der Waals surface area contributed by atoms with Gasteiger partial charge in [0, 0.05) is 6.21 Å². The normalized spacial score (nSPS) is 17.9. The number of carbonyl (C=O) groups excluding carboxylic acids is 1. The molecule has 17 heavy (non-hydrogen) atoms. The number of hydrogen-bond donors (Lipinski definition) is 0. The average Bonchev–Trinajstić information content (AvgIpc) is 2.91. The SMILES string of the molecule is O=CC1C=Nc2ccccc2N1c1cccs1. The Kier molecular flexibility index (Phi) is 2.49. The maximum Gasteiger partial charge on any atom is 0.148 e. The number of para-hydroxylation sites is 2. The van der Waals surface area contributed by atoms with Crippen molar-refractivity contribution >= 4 is 40.2 Å². The van der Waals surface area contributed by atoms with Gasteiger partial charge >= 0.3 is 0 Å². The molecule has 1 aliphatic rings. The lowest BCUT2D eigenvalue weighted by atomic mass is 10.1. The number of carbonyl (C=O) groups is 1. The first-order chi connectivity index (χ1) is 8.40. The Balaban J connectivity index is 2.16. The lowest BCUT2D eigenvalue weighted by molar-refractivity contribution is -0.107. The summed E-state index contributed by atoms with van der Waals surface area (Å²) in [6.45, 7) is 0. The zero-order valence-corrected chi connectivity index (χ0v) is 9.80. The molecule has 1 aromatic carbocycles. The van der Waals surface area contributed by atoms with E-state index in [0.29, 0.717) is 0 Å². The Hall–Kier alpha value is -1.94. The molecule has 0 saturated carbocycles. The van der Waals surface area contributed by atoms with Crippen molar-refractivity contribution in [1.82, 2.24) is 0 Å². The monoisotopic (exact) mass is 242 g/mol. The number of rotatable bonds is 2. The van der Waals surface area contributed by atoms with Crippen LogP contribution >= 0.6 is 11.3 Å². The molecule has 1 aliphatic heterocycles. The van der Waals surface area contributed by atoms with Gasteiger partial charge in [0.25, 0.3) is 0 Å². The van der Waals surface area contributed by atoms with Crippen molar-refractivity contribution in [2.24, 2.45) is 4.99 Å². The molecule has 0 radical (unpaired) electrons. The van der Waals surface area contributed by atoms with Gasteiger partial charge < -0.3 is 9.69 Å². The van der Waals surface area contributed by atoms with Crippen molar-refractivity contribution in [3.63, 3.8) is 0 Å². The topological polar surface area (TPSA) is 32.7 Å². The first-order valence-corrected chi connectivity index (χ1v) is 6.19. The fourth-order valence-electron chi connectivity index (χ4n) is 1.93. The maximum absolute atomic E-state index is 11.1. The highest BCUT2D eigenvalue weighted by atomic mass is 32.1. The maximum atomic E-state index is 11.1. The molecular weight excluding hydrogens is 232 g/mol. The number of nitrogens with zero attached hydrogens (tertiary/aromatic N) is 2. The Labute approximate surface area is 103 Å². The van der Waals surface area contributed by atoms with Crippen LogP contribution in [-0.2, 0) is 4.79 Å². The van der Waals surface area contributed by atoms with E-state index in [2.05, 4.69) is 4.99 Å². The molecule has 3 rings (SSSR count). The van der Waals surface area contributed by atoms with Crippen molar-refractivity contribution < 1.29 is 4.79 Å². The minimum absolute atomic E-state index is 0.316. The molecular formula is C13H10N2OS. The molecule has 84 valence electrons. The van der Waals surface area contributed by atoms with E-state index < -0.39 is 0 Å². The Morgan fingerprint density at radius 3 is 2.88 bits per heavy atom. The van der Waals surface area contributed by atoms with Crippen molar-refractivity contribution in [3.05, 3.63) is 41.8 Å². The summed E-state index contributed by atoms with van der Waals surface area (Å²) in [5, 5.41) is 3.06. The number of fused-ring (bicyclic) bond motifs is 1. The van der Waals surface area contributed by atoms with Crippen LogP contribution in [-0.4, -0.2) is 18.5 Å². The van der Waals surface area contributed by atoms with Gasteiger partial charge in [-0.1, -0.05) is 12.1 Å². The van der Waals surface area contributed by atoms with Crippen LogP contribution in [0.25, 0.3) is 0 Å². The second kappa shape index (κ2) is 4.14. The van der Waals surface area contributed by atoms with E-state index in [1.807, 2.05) is 46.7 Å². The van der Waals surface area contributed by atoms with E-state index in [4.69, 9.17) is 0 Å². The number of benzene rings is 1. The van der Waals surface area contributed by atoms with Gasteiger partial charge in [0.05, 0.1) is 16.4 Å². The number of anilines is 2. The quantitative estimate of drug-likeness (QED) is 0.758. The lowest BCUT2D eigenvalue weighted by Gasteiger charge is -2.30. The summed E-state index contributed by atoms with van der Waals surface area (Å²) < 4.78 is 0. The molecule has 2 heterocycles. The number of aliphatic imine (C=N–C) groups is 1. The van der Waals surface area contributed by atoms with Gasteiger partial charge in [-0.2, -0.15) is 0 Å². The van der Waals surface area contributed by atoms with Crippen molar-refractivity contribution in [2.75, 3.05) is 4.90 Å². The van der Waals surface area contributed by atoms with Gasteiger partial charge in [-0.3, -0.25) is 4.99 Å². The summed E-state index contributed by atoms with van der Waals surface area (Å²) in [4.78, 5) is 17.5. The smallest absolute Gasteiger partial charge is 0.148 e. The van der Waals surface area contributed by atoms with E-state index in [1.54, 1.807) is 17.6 Å². The third-order valence-electron chi connectivity index (χ3n) is 2.69. The molecule has 1 unspecified atom stereocenters. The van der Waals surface area contributed by atoms with Crippen molar-refractivity contribution in [3.8, 4) is 0 Å².